The Balaban J connectivity index is 1.20. The van der Waals surface area contributed by atoms with Crippen molar-refractivity contribution in [1.82, 2.24) is 9.55 Å². The molecule has 272 valence electrons. The quantitative estimate of drug-likeness (QED) is 0.162. The van der Waals surface area contributed by atoms with Crippen LogP contribution < -0.4 is 4.90 Å². The summed E-state index contributed by atoms with van der Waals surface area (Å²) in [6.45, 7) is 0. The van der Waals surface area contributed by atoms with Gasteiger partial charge in [-0.15, -0.1) is 0 Å². The molecule has 0 spiro atoms. The average molecular weight is 740 g/mol. The van der Waals surface area contributed by atoms with Crippen LogP contribution in [0.3, 0.4) is 0 Å². The predicted octanol–water partition coefficient (Wildman–Crippen LogP) is 15.0. The Morgan fingerprint density at radius 3 is 1.79 bits per heavy atom. The maximum Gasteiger partial charge on any atom is 0.0788 e. The topological polar surface area (TPSA) is 21.1 Å². The van der Waals surface area contributed by atoms with Crippen molar-refractivity contribution < 1.29 is 0 Å². The first-order chi connectivity index (χ1) is 28.8. The summed E-state index contributed by atoms with van der Waals surface area (Å²) in [6, 6.07) is 80.6. The SMILES string of the molecule is c1ccc(-c2ccc(-n3c4cc(-c5nc6ccccc6cc5-c5ccccc5)ccc4c4cccc(N(c5ccccc5)c5ccc6ccccc6c5)c43)cc2)cc1. The lowest BCUT2D eigenvalue weighted by Crippen LogP contribution is -2.11. The molecule has 0 aliphatic rings. The van der Waals surface area contributed by atoms with Crippen LogP contribution in [0.15, 0.2) is 224 Å². The maximum absolute atomic E-state index is 5.36. The standard InChI is InChI=1S/C55H37N3/c1-4-15-38(16-5-1)40-27-31-46(32-28-40)58-53-37-44(54-50(41-18-6-2-7-19-41)36-43-21-12-13-25-51(43)56-54)30-34-48(53)49-24-14-26-52(55(49)58)57(45-22-8-3-9-23-45)47-33-29-39-17-10-11-20-42(39)35-47/h1-37H. The van der Waals surface area contributed by atoms with Gasteiger partial charge in [0.25, 0.3) is 0 Å². The molecule has 9 aromatic carbocycles. The van der Waals surface area contributed by atoms with E-state index < -0.39 is 0 Å². The van der Waals surface area contributed by atoms with E-state index in [1.165, 1.54) is 32.7 Å². The van der Waals surface area contributed by atoms with Crippen molar-refractivity contribution in [2.75, 3.05) is 4.90 Å². The minimum Gasteiger partial charge on any atom is -0.308 e. The Morgan fingerprint density at radius 1 is 0.379 bits per heavy atom. The molecule has 0 saturated carbocycles. The lowest BCUT2D eigenvalue weighted by Gasteiger charge is -2.27. The highest BCUT2D eigenvalue weighted by Gasteiger charge is 2.23. The Kier molecular flexibility index (Phi) is 8.15. The fraction of sp³-hybridized carbons (Fsp3) is 0. The monoisotopic (exact) mass is 739 g/mol. The molecule has 2 heterocycles. The third-order valence-corrected chi connectivity index (χ3v) is 11.3. The zero-order valence-electron chi connectivity index (χ0n) is 31.7. The highest BCUT2D eigenvalue weighted by atomic mass is 15.2. The summed E-state index contributed by atoms with van der Waals surface area (Å²) < 4.78 is 2.46. The van der Waals surface area contributed by atoms with Crippen molar-refractivity contribution in [1.29, 1.82) is 0 Å². The highest BCUT2D eigenvalue weighted by molar-refractivity contribution is 6.15. The molecular formula is C55H37N3. The molecule has 0 aliphatic carbocycles. The van der Waals surface area contributed by atoms with Gasteiger partial charge in [-0.25, -0.2) is 4.98 Å². The molecule has 0 amide bonds. The summed E-state index contributed by atoms with van der Waals surface area (Å²) in [5.74, 6) is 0. The fourth-order valence-corrected chi connectivity index (χ4v) is 8.57. The summed E-state index contributed by atoms with van der Waals surface area (Å²) in [5, 5.41) is 5.91. The van der Waals surface area contributed by atoms with Crippen LogP contribution in [0.1, 0.15) is 0 Å². The van der Waals surface area contributed by atoms with Crippen LogP contribution in [-0.2, 0) is 0 Å². The van der Waals surface area contributed by atoms with Crippen LogP contribution in [0.25, 0.3) is 82.7 Å². The number of fused-ring (bicyclic) bond motifs is 5. The van der Waals surface area contributed by atoms with Gasteiger partial charge in [-0.05, 0) is 88.1 Å². The molecule has 0 radical (unpaired) electrons. The van der Waals surface area contributed by atoms with Gasteiger partial charge in [0.05, 0.1) is 27.9 Å². The molecule has 0 bridgehead atoms. The minimum absolute atomic E-state index is 0.963. The van der Waals surface area contributed by atoms with E-state index in [0.29, 0.717) is 0 Å². The van der Waals surface area contributed by atoms with Crippen molar-refractivity contribution in [3.8, 4) is 39.2 Å². The van der Waals surface area contributed by atoms with Crippen molar-refractivity contribution >= 4 is 60.5 Å². The van der Waals surface area contributed by atoms with E-state index >= 15 is 0 Å². The van der Waals surface area contributed by atoms with Crippen LogP contribution in [0.4, 0.5) is 17.1 Å². The summed E-state index contributed by atoms with van der Waals surface area (Å²) >= 11 is 0. The number of aromatic nitrogens is 2. The Morgan fingerprint density at radius 2 is 1.02 bits per heavy atom. The number of pyridine rings is 1. The van der Waals surface area contributed by atoms with E-state index in [4.69, 9.17) is 4.98 Å². The number of hydrogen-bond donors (Lipinski definition) is 0. The molecule has 11 rings (SSSR count). The second-order valence-electron chi connectivity index (χ2n) is 14.8. The summed E-state index contributed by atoms with van der Waals surface area (Å²) in [4.78, 5) is 7.77. The van der Waals surface area contributed by atoms with Gasteiger partial charge in [-0.1, -0.05) is 164 Å². The molecule has 2 aromatic heterocycles. The molecule has 3 heteroatoms. The molecule has 11 aromatic rings. The number of hydrogen-bond acceptors (Lipinski definition) is 2. The molecule has 58 heavy (non-hydrogen) atoms. The number of para-hydroxylation sites is 3. The Bertz CT molecular complexity index is 3260. The molecule has 0 aliphatic heterocycles. The molecule has 0 atom stereocenters. The normalized spacial score (nSPS) is 11.4. The first-order valence-corrected chi connectivity index (χ1v) is 19.8. The highest BCUT2D eigenvalue weighted by Crippen LogP contribution is 2.45. The van der Waals surface area contributed by atoms with Crippen LogP contribution >= 0.6 is 0 Å². The third kappa shape index (κ3) is 5.80. The van der Waals surface area contributed by atoms with Gasteiger partial charge in [-0.2, -0.15) is 0 Å². The number of anilines is 3. The molecule has 0 fully saturated rings. The first-order valence-electron chi connectivity index (χ1n) is 19.8. The van der Waals surface area contributed by atoms with Crippen molar-refractivity contribution in [3.05, 3.63) is 224 Å². The van der Waals surface area contributed by atoms with Crippen molar-refractivity contribution in [2.45, 2.75) is 0 Å². The van der Waals surface area contributed by atoms with Gasteiger partial charge in [-0.3, -0.25) is 0 Å². The second-order valence-corrected chi connectivity index (χ2v) is 14.8. The van der Waals surface area contributed by atoms with Gasteiger partial charge < -0.3 is 9.47 Å². The van der Waals surface area contributed by atoms with Crippen LogP contribution in [0.2, 0.25) is 0 Å². The van der Waals surface area contributed by atoms with E-state index in [9.17, 15) is 0 Å². The van der Waals surface area contributed by atoms with E-state index in [-0.39, 0.29) is 0 Å². The minimum atomic E-state index is 0.963. The summed E-state index contributed by atoms with van der Waals surface area (Å²) in [7, 11) is 0. The summed E-state index contributed by atoms with van der Waals surface area (Å²) in [5.41, 5.74) is 14.3. The average Bonchev–Trinajstić information content (AvgIpc) is 3.64. The van der Waals surface area contributed by atoms with Crippen LogP contribution in [0, 0.1) is 0 Å². The summed E-state index contributed by atoms with van der Waals surface area (Å²) in [6.07, 6.45) is 0. The van der Waals surface area contributed by atoms with Crippen molar-refractivity contribution in [2.24, 2.45) is 0 Å². The maximum atomic E-state index is 5.36. The van der Waals surface area contributed by atoms with Gasteiger partial charge in [0, 0.05) is 44.3 Å². The van der Waals surface area contributed by atoms with Crippen LogP contribution in [-0.4, -0.2) is 9.55 Å². The second kappa shape index (κ2) is 14.1. The van der Waals surface area contributed by atoms with E-state index in [1.807, 2.05) is 0 Å². The first kappa shape index (κ1) is 33.6. The van der Waals surface area contributed by atoms with E-state index in [0.717, 1.165) is 67.1 Å². The van der Waals surface area contributed by atoms with Crippen LogP contribution in [0.5, 0.6) is 0 Å². The van der Waals surface area contributed by atoms with Gasteiger partial charge in [0.2, 0.25) is 0 Å². The molecular weight excluding hydrogens is 703 g/mol. The number of nitrogens with zero attached hydrogens (tertiary/aromatic N) is 3. The third-order valence-electron chi connectivity index (χ3n) is 11.3. The lowest BCUT2D eigenvalue weighted by atomic mass is 9.96. The number of rotatable bonds is 7. The zero-order valence-corrected chi connectivity index (χ0v) is 31.7. The smallest absolute Gasteiger partial charge is 0.0788 e. The predicted molar refractivity (Wildman–Crippen MR) is 245 cm³/mol. The largest absolute Gasteiger partial charge is 0.308 e. The van der Waals surface area contributed by atoms with Gasteiger partial charge in [0.1, 0.15) is 0 Å². The van der Waals surface area contributed by atoms with Gasteiger partial charge in [0.15, 0.2) is 0 Å². The molecule has 0 N–H and O–H groups in total. The Labute approximate surface area is 337 Å². The van der Waals surface area contributed by atoms with E-state index in [2.05, 4.69) is 234 Å². The van der Waals surface area contributed by atoms with Gasteiger partial charge >= 0.3 is 0 Å². The molecule has 3 nitrogen and oxygen atoms in total. The molecule has 0 saturated heterocycles. The Hall–Kier alpha value is -7.75. The lowest BCUT2D eigenvalue weighted by molar-refractivity contribution is 1.17. The fourth-order valence-electron chi connectivity index (χ4n) is 8.57. The number of benzene rings is 9. The van der Waals surface area contributed by atoms with Crippen molar-refractivity contribution in [3.63, 3.8) is 0 Å². The molecule has 0 unspecified atom stereocenters. The van der Waals surface area contributed by atoms with E-state index in [1.54, 1.807) is 0 Å². The zero-order chi connectivity index (χ0) is 38.4.